The molecule has 272 valence electrons. The standard InChI is InChI=1S/C34H37F3N6O7S/c1-6-38-31(46)41-27-13-21(29-40-26(18-51-29)34(35,36)37)23(14-39-27)19-8-9-25-22(12-19)28(44)24(30(45)49-7-2)16-42(25)15-20-17-48-11-10-43(20)32(47)50-33(3,4)5/h8-9,12-14,16,18,20H,6-7,10-11,15,17H2,1-5H3,(H2,38,39,41,46)/t20-/m0/s1. The van der Waals surface area contributed by atoms with E-state index in [1.165, 1.54) is 24.5 Å². The summed E-state index contributed by atoms with van der Waals surface area (Å²) in [6.07, 6.45) is -2.48. The maximum atomic E-state index is 13.9. The van der Waals surface area contributed by atoms with Gasteiger partial charge in [0.1, 0.15) is 22.0 Å². The van der Waals surface area contributed by atoms with E-state index in [-0.39, 0.29) is 53.6 Å². The Bertz CT molecular complexity index is 2010. The number of carbonyl (C=O) groups excluding carboxylic acids is 3. The van der Waals surface area contributed by atoms with Crippen LogP contribution >= 0.6 is 11.3 Å². The van der Waals surface area contributed by atoms with Crippen LogP contribution in [-0.4, -0.2) is 82.1 Å². The molecule has 3 amide bonds. The number of nitrogens with zero attached hydrogens (tertiary/aromatic N) is 4. The lowest BCUT2D eigenvalue weighted by atomic mass is 9.99. The van der Waals surface area contributed by atoms with Gasteiger partial charge < -0.3 is 24.1 Å². The van der Waals surface area contributed by atoms with E-state index in [2.05, 4.69) is 20.6 Å². The number of alkyl halides is 3. The molecular formula is C34H37F3N6O7S. The number of carbonyl (C=O) groups is 3. The van der Waals surface area contributed by atoms with Gasteiger partial charge in [0, 0.05) is 53.9 Å². The Morgan fingerprint density at radius 2 is 1.88 bits per heavy atom. The molecule has 1 atom stereocenters. The van der Waals surface area contributed by atoms with Gasteiger partial charge in [0.2, 0.25) is 5.43 Å². The fourth-order valence-electron chi connectivity index (χ4n) is 5.44. The predicted octanol–water partition coefficient (Wildman–Crippen LogP) is 6.16. The number of hydrogen-bond acceptors (Lipinski definition) is 10. The number of pyridine rings is 2. The van der Waals surface area contributed by atoms with Crippen molar-refractivity contribution in [1.82, 2.24) is 24.8 Å². The number of benzene rings is 1. The lowest BCUT2D eigenvalue weighted by Gasteiger charge is -2.37. The molecule has 0 aliphatic carbocycles. The summed E-state index contributed by atoms with van der Waals surface area (Å²) >= 11 is 0.754. The number of amides is 3. The van der Waals surface area contributed by atoms with Crippen LogP contribution in [0.15, 0.2) is 46.8 Å². The van der Waals surface area contributed by atoms with Crippen LogP contribution in [0.5, 0.6) is 0 Å². The molecule has 5 rings (SSSR count). The van der Waals surface area contributed by atoms with Crippen molar-refractivity contribution < 1.29 is 41.8 Å². The molecule has 0 radical (unpaired) electrons. The topological polar surface area (TPSA) is 154 Å². The molecule has 51 heavy (non-hydrogen) atoms. The predicted molar refractivity (Wildman–Crippen MR) is 184 cm³/mol. The third-order valence-corrected chi connectivity index (χ3v) is 8.53. The molecule has 0 saturated carbocycles. The number of halogens is 3. The van der Waals surface area contributed by atoms with Crippen LogP contribution < -0.4 is 16.1 Å². The van der Waals surface area contributed by atoms with Gasteiger partial charge in [-0.3, -0.25) is 15.0 Å². The highest BCUT2D eigenvalue weighted by Crippen LogP contribution is 2.39. The van der Waals surface area contributed by atoms with Gasteiger partial charge >= 0.3 is 24.3 Å². The smallest absolute Gasteiger partial charge is 0.434 e. The van der Waals surface area contributed by atoms with Crippen molar-refractivity contribution in [1.29, 1.82) is 0 Å². The monoisotopic (exact) mass is 730 g/mol. The summed E-state index contributed by atoms with van der Waals surface area (Å²) in [6.45, 7) is 9.80. The van der Waals surface area contributed by atoms with Gasteiger partial charge in [0.25, 0.3) is 0 Å². The molecule has 2 N–H and O–H groups in total. The van der Waals surface area contributed by atoms with Crippen molar-refractivity contribution in [2.75, 3.05) is 38.2 Å². The van der Waals surface area contributed by atoms with Gasteiger partial charge in [-0.25, -0.2) is 24.4 Å². The zero-order valence-electron chi connectivity index (χ0n) is 28.6. The number of esters is 1. The van der Waals surface area contributed by atoms with Crippen molar-refractivity contribution in [3.05, 3.63) is 63.5 Å². The molecule has 0 unspecified atom stereocenters. The van der Waals surface area contributed by atoms with E-state index in [0.29, 0.717) is 29.8 Å². The Kier molecular flexibility index (Phi) is 11.0. The van der Waals surface area contributed by atoms with Gasteiger partial charge in [-0.1, -0.05) is 6.07 Å². The molecule has 1 aliphatic heterocycles. The van der Waals surface area contributed by atoms with Crippen LogP contribution in [0.2, 0.25) is 0 Å². The molecule has 4 aromatic rings. The summed E-state index contributed by atoms with van der Waals surface area (Å²) in [6, 6.07) is 5.11. The Balaban J connectivity index is 1.64. The molecule has 4 heterocycles. The highest BCUT2D eigenvalue weighted by molar-refractivity contribution is 7.13. The second-order valence-electron chi connectivity index (χ2n) is 12.5. The van der Waals surface area contributed by atoms with Crippen molar-refractivity contribution in [2.24, 2.45) is 0 Å². The average Bonchev–Trinajstić information content (AvgIpc) is 3.57. The van der Waals surface area contributed by atoms with Gasteiger partial charge in [-0.2, -0.15) is 13.2 Å². The summed E-state index contributed by atoms with van der Waals surface area (Å²) in [4.78, 5) is 61.9. The third kappa shape index (κ3) is 8.65. The fraction of sp³-hybridized carbons (Fsp3) is 0.412. The number of anilines is 1. The van der Waals surface area contributed by atoms with Crippen molar-refractivity contribution in [3.8, 4) is 21.7 Å². The Labute approximate surface area is 294 Å². The third-order valence-electron chi connectivity index (χ3n) is 7.66. The lowest BCUT2D eigenvalue weighted by molar-refractivity contribution is -0.140. The summed E-state index contributed by atoms with van der Waals surface area (Å²) < 4.78 is 58.8. The first-order valence-electron chi connectivity index (χ1n) is 16.1. The van der Waals surface area contributed by atoms with Crippen LogP contribution in [0.3, 0.4) is 0 Å². The summed E-state index contributed by atoms with van der Waals surface area (Å²) in [5.41, 5.74) is -1.41. The molecule has 1 fully saturated rings. The van der Waals surface area contributed by atoms with E-state index in [4.69, 9.17) is 14.2 Å². The molecule has 3 aromatic heterocycles. The molecule has 0 bridgehead atoms. The van der Waals surface area contributed by atoms with E-state index in [1.54, 1.807) is 56.2 Å². The molecule has 1 aliphatic rings. The van der Waals surface area contributed by atoms with Gasteiger partial charge in [0.15, 0.2) is 5.69 Å². The van der Waals surface area contributed by atoms with Crippen molar-refractivity contribution >= 4 is 46.2 Å². The number of ether oxygens (including phenoxy) is 3. The zero-order valence-corrected chi connectivity index (χ0v) is 29.4. The minimum atomic E-state index is -4.69. The SMILES string of the molecule is CCNC(=O)Nc1cc(-c2nc(C(F)(F)F)cs2)c(-c2ccc3c(c2)c(=O)c(C(=O)OCC)cn3C[C@H]2COCCN2C(=O)OC(C)(C)C)cn1. The zero-order chi connectivity index (χ0) is 37.1. The second kappa shape index (κ2) is 15.1. The Morgan fingerprint density at radius 3 is 2.55 bits per heavy atom. The largest absolute Gasteiger partial charge is 0.462 e. The fourth-order valence-corrected chi connectivity index (χ4v) is 6.30. The first-order chi connectivity index (χ1) is 24.1. The van der Waals surface area contributed by atoms with E-state index in [0.717, 1.165) is 16.7 Å². The number of thiazole rings is 1. The number of rotatable bonds is 8. The highest BCUT2D eigenvalue weighted by Gasteiger charge is 2.35. The lowest BCUT2D eigenvalue weighted by Crippen LogP contribution is -2.52. The first kappa shape index (κ1) is 37.2. The quantitative estimate of drug-likeness (QED) is 0.203. The number of hydrogen-bond donors (Lipinski definition) is 2. The van der Waals surface area contributed by atoms with Gasteiger partial charge in [0.05, 0.1) is 31.4 Å². The number of aromatic nitrogens is 3. The molecule has 13 nitrogen and oxygen atoms in total. The summed E-state index contributed by atoms with van der Waals surface area (Å²) in [7, 11) is 0. The van der Waals surface area contributed by atoms with Crippen molar-refractivity contribution in [3.63, 3.8) is 0 Å². The van der Waals surface area contributed by atoms with Crippen LogP contribution in [-0.2, 0) is 26.9 Å². The number of fused-ring (bicyclic) bond motifs is 1. The van der Waals surface area contributed by atoms with E-state index in [9.17, 15) is 32.3 Å². The minimum absolute atomic E-state index is 0.00371. The van der Waals surface area contributed by atoms with Crippen LogP contribution in [0.25, 0.3) is 32.6 Å². The molecule has 0 spiro atoms. The van der Waals surface area contributed by atoms with E-state index >= 15 is 0 Å². The first-order valence-corrected chi connectivity index (χ1v) is 17.0. The molecular weight excluding hydrogens is 693 g/mol. The Hall–Kier alpha value is -5.03. The van der Waals surface area contributed by atoms with Crippen LogP contribution in [0.4, 0.5) is 28.6 Å². The minimum Gasteiger partial charge on any atom is -0.462 e. The van der Waals surface area contributed by atoms with Gasteiger partial charge in [-0.15, -0.1) is 11.3 Å². The number of urea groups is 1. The van der Waals surface area contributed by atoms with Crippen LogP contribution in [0.1, 0.15) is 50.7 Å². The summed E-state index contributed by atoms with van der Waals surface area (Å²) in [5, 5.41) is 6.10. The normalized spacial score (nSPS) is 15.1. The average molecular weight is 731 g/mol. The second-order valence-corrected chi connectivity index (χ2v) is 13.4. The molecule has 1 saturated heterocycles. The van der Waals surface area contributed by atoms with E-state index < -0.39 is 47.0 Å². The van der Waals surface area contributed by atoms with Gasteiger partial charge in [-0.05, 0) is 58.4 Å². The maximum absolute atomic E-state index is 13.9. The molecule has 17 heteroatoms. The highest BCUT2D eigenvalue weighted by atomic mass is 32.1. The maximum Gasteiger partial charge on any atom is 0.434 e. The van der Waals surface area contributed by atoms with Crippen LogP contribution in [0, 0.1) is 0 Å². The molecule has 1 aromatic carbocycles. The Morgan fingerprint density at radius 1 is 1.12 bits per heavy atom. The number of morpholine rings is 1. The van der Waals surface area contributed by atoms with E-state index in [1.807, 2.05) is 0 Å². The summed E-state index contributed by atoms with van der Waals surface area (Å²) in [5.74, 6) is -0.793. The number of nitrogens with one attached hydrogen (secondary N) is 2. The van der Waals surface area contributed by atoms with Crippen molar-refractivity contribution in [2.45, 2.75) is 59.0 Å².